The van der Waals surface area contributed by atoms with Gasteiger partial charge in [0.05, 0.1) is 11.6 Å². The molecular formula is C28H24N2O3. The Bertz CT molecular complexity index is 1410. The third-order valence-electron chi connectivity index (χ3n) is 6.37. The molecule has 2 N–H and O–H groups in total. The average Bonchev–Trinajstić information content (AvgIpc) is 3.38. The second-order valence-corrected chi connectivity index (χ2v) is 8.30. The van der Waals surface area contributed by atoms with Crippen molar-refractivity contribution in [2.75, 3.05) is 4.90 Å². The van der Waals surface area contributed by atoms with Crippen molar-refractivity contribution in [1.29, 1.82) is 0 Å². The van der Waals surface area contributed by atoms with Gasteiger partial charge in [0.15, 0.2) is 0 Å². The number of anilines is 1. The van der Waals surface area contributed by atoms with Crippen LogP contribution in [0.2, 0.25) is 0 Å². The summed E-state index contributed by atoms with van der Waals surface area (Å²) < 4.78 is 0. The molecule has 164 valence electrons. The van der Waals surface area contributed by atoms with E-state index in [0.29, 0.717) is 11.3 Å². The lowest BCUT2D eigenvalue weighted by molar-refractivity contribution is -0.132. The number of aryl methyl sites for hydroxylation is 2. The molecule has 0 bridgehead atoms. The fraction of sp³-hybridized carbons (Fsp3) is 0.143. The molecule has 0 spiro atoms. The predicted octanol–water partition coefficient (Wildman–Crippen LogP) is 5.67. The van der Waals surface area contributed by atoms with Gasteiger partial charge in [0.25, 0.3) is 11.7 Å². The number of ketones is 1. The van der Waals surface area contributed by atoms with Gasteiger partial charge in [0.2, 0.25) is 0 Å². The second-order valence-electron chi connectivity index (χ2n) is 8.30. The molecule has 5 heteroatoms. The Morgan fingerprint density at radius 2 is 1.67 bits per heavy atom. The van der Waals surface area contributed by atoms with Crippen LogP contribution in [0.15, 0.2) is 84.6 Å². The summed E-state index contributed by atoms with van der Waals surface area (Å²) >= 11 is 0. The molecule has 5 rings (SSSR count). The molecule has 3 aromatic carbocycles. The monoisotopic (exact) mass is 436 g/mol. The minimum Gasteiger partial charge on any atom is -0.507 e. The number of para-hydroxylation sites is 2. The minimum absolute atomic E-state index is 0.0947. The van der Waals surface area contributed by atoms with E-state index in [-0.39, 0.29) is 11.3 Å². The van der Waals surface area contributed by atoms with Gasteiger partial charge in [-0.25, -0.2) is 0 Å². The number of carbonyl (C=O) groups is 2. The summed E-state index contributed by atoms with van der Waals surface area (Å²) in [6.07, 6.45) is 2.69. The minimum atomic E-state index is -0.756. The highest BCUT2D eigenvalue weighted by atomic mass is 16.3. The topological polar surface area (TPSA) is 73.4 Å². The zero-order chi connectivity index (χ0) is 23.1. The van der Waals surface area contributed by atoms with Crippen molar-refractivity contribution in [2.45, 2.75) is 26.3 Å². The number of aromatic nitrogens is 1. The lowest BCUT2D eigenvalue weighted by atomic mass is 9.94. The molecule has 1 aromatic heterocycles. The van der Waals surface area contributed by atoms with Gasteiger partial charge >= 0.3 is 0 Å². The van der Waals surface area contributed by atoms with Crippen LogP contribution in [0, 0.1) is 6.92 Å². The van der Waals surface area contributed by atoms with Crippen LogP contribution < -0.4 is 4.90 Å². The summed E-state index contributed by atoms with van der Waals surface area (Å²) in [6.45, 7) is 3.96. The fourth-order valence-corrected chi connectivity index (χ4v) is 4.58. The van der Waals surface area contributed by atoms with Gasteiger partial charge in [-0.05, 0) is 36.6 Å². The van der Waals surface area contributed by atoms with Crippen LogP contribution in [-0.2, 0) is 16.0 Å². The first kappa shape index (κ1) is 20.8. The van der Waals surface area contributed by atoms with Crippen molar-refractivity contribution in [3.8, 4) is 0 Å². The van der Waals surface area contributed by atoms with E-state index in [1.165, 1.54) is 4.90 Å². The number of rotatable bonds is 4. The Morgan fingerprint density at radius 3 is 2.39 bits per heavy atom. The molecule has 1 amide bonds. The summed E-state index contributed by atoms with van der Waals surface area (Å²) in [5.41, 5.74) is 4.92. The van der Waals surface area contributed by atoms with E-state index in [2.05, 4.69) is 11.9 Å². The van der Waals surface area contributed by atoms with Gasteiger partial charge < -0.3 is 10.1 Å². The Morgan fingerprint density at radius 1 is 0.970 bits per heavy atom. The van der Waals surface area contributed by atoms with E-state index < -0.39 is 17.7 Å². The van der Waals surface area contributed by atoms with Gasteiger partial charge in [-0.3, -0.25) is 14.5 Å². The third-order valence-corrected chi connectivity index (χ3v) is 6.37. The van der Waals surface area contributed by atoms with Crippen LogP contribution in [0.5, 0.6) is 0 Å². The molecule has 1 saturated heterocycles. The normalized spacial score (nSPS) is 17.8. The number of Topliss-reactive ketones (excluding diaryl/α,β-unsaturated/α-hetero) is 1. The van der Waals surface area contributed by atoms with E-state index >= 15 is 0 Å². The lowest BCUT2D eigenvalue weighted by Gasteiger charge is -2.26. The number of carbonyl (C=O) groups excluding carboxylic acids is 2. The zero-order valence-electron chi connectivity index (χ0n) is 18.5. The van der Waals surface area contributed by atoms with Gasteiger partial charge in [-0.1, -0.05) is 67.6 Å². The summed E-state index contributed by atoms with van der Waals surface area (Å²) in [5, 5.41) is 12.2. The molecule has 0 aliphatic carbocycles. The van der Waals surface area contributed by atoms with Crippen molar-refractivity contribution in [1.82, 2.24) is 4.98 Å². The molecule has 1 aliphatic rings. The molecule has 0 radical (unpaired) electrons. The molecule has 0 saturated carbocycles. The number of aliphatic hydroxyl groups excluding tert-OH is 1. The van der Waals surface area contributed by atoms with E-state index in [1.54, 1.807) is 12.1 Å². The predicted molar refractivity (Wildman–Crippen MR) is 130 cm³/mol. The standard InChI is InChI=1S/C28H24N2O3/c1-3-18-12-14-19(15-13-18)26(31)24-25(21-16-29-22-10-6-5-9-20(21)22)30(28(33)27(24)32)23-11-7-4-8-17(23)2/h4-16,25,29,31H,3H2,1-2H3/b26-24+. The summed E-state index contributed by atoms with van der Waals surface area (Å²) in [6, 6.07) is 21.9. The average molecular weight is 437 g/mol. The van der Waals surface area contributed by atoms with Crippen LogP contribution in [-0.4, -0.2) is 21.8 Å². The SMILES string of the molecule is CCc1ccc(/C(O)=C2\C(=O)C(=O)N(c3ccccc3C)C2c2c[nH]c3ccccc23)cc1. The molecule has 1 atom stereocenters. The number of amides is 1. The fourth-order valence-electron chi connectivity index (χ4n) is 4.58. The van der Waals surface area contributed by atoms with Crippen LogP contribution in [0.25, 0.3) is 16.7 Å². The molecule has 1 aliphatic heterocycles. The molecule has 5 nitrogen and oxygen atoms in total. The van der Waals surface area contributed by atoms with E-state index in [4.69, 9.17) is 0 Å². The quantitative estimate of drug-likeness (QED) is 0.246. The van der Waals surface area contributed by atoms with Crippen LogP contribution in [0.1, 0.15) is 35.2 Å². The van der Waals surface area contributed by atoms with Gasteiger partial charge in [-0.15, -0.1) is 0 Å². The molecule has 1 unspecified atom stereocenters. The number of fused-ring (bicyclic) bond motifs is 1. The molecule has 1 fully saturated rings. The number of H-pyrrole nitrogens is 1. The first-order chi connectivity index (χ1) is 16.0. The van der Waals surface area contributed by atoms with Gasteiger partial charge in [0, 0.05) is 33.9 Å². The number of hydrogen-bond acceptors (Lipinski definition) is 3. The van der Waals surface area contributed by atoms with Gasteiger partial charge in [0.1, 0.15) is 5.76 Å². The number of benzene rings is 3. The lowest BCUT2D eigenvalue weighted by Crippen LogP contribution is -2.30. The maximum atomic E-state index is 13.4. The largest absolute Gasteiger partial charge is 0.507 e. The number of nitrogens with one attached hydrogen (secondary N) is 1. The Kier molecular flexibility index (Phi) is 5.09. The van der Waals surface area contributed by atoms with Crippen molar-refractivity contribution in [3.05, 3.63) is 107 Å². The van der Waals surface area contributed by atoms with E-state index in [0.717, 1.165) is 34.0 Å². The molecule has 4 aromatic rings. The molecular weight excluding hydrogens is 412 g/mol. The maximum absolute atomic E-state index is 13.4. The zero-order valence-corrected chi connectivity index (χ0v) is 18.5. The summed E-state index contributed by atoms with van der Waals surface area (Å²) in [7, 11) is 0. The molecule has 2 heterocycles. The summed E-state index contributed by atoms with van der Waals surface area (Å²) in [4.78, 5) is 31.5. The van der Waals surface area contributed by atoms with E-state index in [1.807, 2.05) is 73.8 Å². The highest BCUT2D eigenvalue weighted by molar-refractivity contribution is 6.52. The Labute approximate surface area is 192 Å². The Balaban J connectivity index is 1.77. The first-order valence-corrected chi connectivity index (χ1v) is 11.0. The van der Waals surface area contributed by atoms with Crippen LogP contribution >= 0.6 is 0 Å². The highest BCUT2D eigenvalue weighted by Crippen LogP contribution is 2.44. The Hall–Kier alpha value is -4.12. The number of aromatic amines is 1. The maximum Gasteiger partial charge on any atom is 0.300 e. The molecule has 33 heavy (non-hydrogen) atoms. The smallest absolute Gasteiger partial charge is 0.300 e. The highest BCUT2D eigenvalue weighted by Gasteiger charge is 2.48. The van der Waals surface area contributed by atoms with Crippen LogP contribution in [0.3, 0.4) is 0 Å². The third kappa shape index (κ3) is 3.33. The van der Waals surface area contributed by atoms with Gasteiger partial charge in [-0.2, -0.15) is 0 Å². The second kappa shape index (κ2) is 8.10. The van der Waals surface area contributed by atoms with Crippen molar-refractivity contribution >= 4 is 34.0 Å². The number of aliphatic hydroxyl groups is 1. The summed E-state index contributed by atoms with van der Waals surface area (Å²) in [5.74, 6) is -1.50. The van der Waals surface area contributed by atoms with E-state index in [9.17, 15) is 14.7 Å². The number of hydrogen-bond donors (Lipinski definition) is 2. The first-order valence-electron chi connectivity index (χ1n) is 11.0. The van der Waals surface area contributed by atoms with Crippen LogP contribution in [0.4, 0.5) is 5.69 Å². The van der Waals surface area contributed by atoms with Crippen molar-refractivity contribution in [3.63, 3.8) is 0 Å². The van der Waals surface area contributed by atoms with Crippen molar-refractivity contribution in [2.24, 2.45) is 0 Å². The van der Waals surface area contributed by atoms with Crippen molar-refractivity contribution < 1.29 is 14.7 Å². The number of nitrogens with zero attached hydrogens (tertiary/aromatic N) is 1.